The molecule has 0 aliphatic rings. The van der Waals surface area contributed by atoms with E-state index in [0.717, 1.165) is 43.1 Å². The molecule has 0 N–H and O–H groups in total. The van der Waals surface area contributed by atoms with E-state index in [4.69, 9.17) is 0 Å². The summed E-state index contributed by atoms with van der Waals surface area (Å²) in [4.78, 5) is 0. The second-order valence-electron chi connectivity index (χ2n) is 6.38. The van der Waals surface area contributed by atoms with Crippen LogP contribution in [0.2, 0.25) is 0 Å². The summed E-state index contributed by atoms with van der Waals surface area (Å²) in [5.74, 6) is 0. The average Bonchev–Trinajstić information content (AvgIpc) is 2.64. The standard InChI is InChI=1S/C21H14O4S/c22-26(23,24)25-12-19-16-7-2-1-6-15(16)17-10-8-13-4-3-5-14-9-11-18(19)21(17)20(13)14/h1-11H,12H2,(H,22,23,24)/p-1. The smallest absolute Gasteiger partial charge is 0.217 e. The van der Waals surface area contributed by atoms with Gasteiger partial charge in [-0.05, 0) is 48.7 Å². The van der Waals surface area contributed by atoms with Crippen molar-refractivity contribution in [1.82, 2.24) is 0 Å². The fraction of sp³-hybridized carbons (Fsp3) is 0.0476. The molecular weight excluding hydrogens is 348 g/mol. The number of hydrogen-bond donors (Lipinski definition) is 0. The van der Waals surface area contributed by atoms with E-state index < -0.39 is 10.4 Å². The van der Waals surface area contributed by atoms with Gasteiger partial charge < -0.3 is 4.55 Å². The fourth-order valence-corrected chi connectivity index (χ4v) is 4.23. The predicted octanol–water partition coefficient (Wildman–Crippen LogP) is 4.71. The first-order chi connectivity index (χ1) is 12.5. The van der Waals surface area contributed by atoms with Gasteiger partial charge in [0.25, 0.3) is 0 Å². The molecule has 0 amide bonds. The van der Waals surface area contributed by atoms with E-state index >= 15 is 0 Å². The summed E-state index contributed by atoms with van der Waals surface area (Å²) in [6.45, 7) is -0.277. The highest BCUT2D eigenvalue weighted by Crippen LogP contribution is 2.41. The minimum absolute atomic E-state index is 0.277. The van der Waals surface area contributed by atoms with Crippen molar-refractivity contribution in [3.8, 4) is 0 Å². The summed E-state index contributed by atoms with van der Waals surface area (Å²) in [7, 11) is -4.77. The van der Waals surface area contributed by atoms with Gasteiger partial charge in [-0.3, -0.25) is 4.18 Å². The van der Waals surface area contributed by atoms with Crippen molar-refractivity contribution in [2.24, 2.45) is 0 Å². The van der Waals surface area contributed by atoms with Gasteiger partial charge in [-0.15, -0.1) is 0 Å². The van der Waals surface area contributed by atoms with Crippen molar-refractivity contribution in [2.75, 3.05) is 0 Å². The van der Waals surface area contributed by atoms with Crippen LogP contribution >= 0.6 is 0 Å². The van der Waals surface area contributed by atoms with Gasteiger partial charge in [0.1, 0.15) is 0 Å². The lowest BCUT2D eigenvalue weighted by Crippen LogP contribution is -2.05. The van der Waals surface area contributed by atoms with Crippen LogP contribution in [-0.2, 0) is 21.2 Å². The molecule has 0 aliphatic carbocycles. The second kappa shape index (κ2) is 5.38. The molecule has 0 heterocycles. The largest absolute Gasteiger partial charge is 0.726 e. The summed E-state index contributed by atoms with van der Waals surface area (Å²) < 4.78 is 37.7. The lowest BCUT2D eigenvalue weighted by molar-refractivity contribution is 0.254. The molecule has 0 radical (unpaired) electrons. The maximum Gasteiger partial charge on any atom is 0.217 e. The molecule has 4 nitrogen and oxygen atoms in total. The molecule has 0 saturated carbocycles. The van der Waals surface area contributed by atoms with E-state index in [-0.39, 0.29) is 6.61 Å². The first-order valence-electron chi connectivity index (χ1n) is 8.20. The van der Waals surface area contributed by atoms with Gasteiger partial charge in [0.2, 0.25) is 10.4 Å². The normalized spacial score (nSPS) is 12.7. The zero-order valence-electron chi connectivity index (χ0n) is 13.6. The van der Waals surface area contributed by atoms with Crippen molar-refractivity contribution in [1.29, 1.82) is 0 Å². The van der Waals surface area contributed by atoms with Gasteiger partial charge in [0.05, 0.1) is 6.61 Å². The Labute approximate surface area is 149 Å². The summed E-state index contributed by atoms with van der Waals surface area (Å²) in [6, 6.07) is 22.1. The molecular formula is C21H13O4S-. The third kappa shape index (κ3) is 2.25. The van der Waals surface area contributed by atoms with Gasteiger partial charge in [0.15, 0.2) is 0 Å². The summed E-state index contributed by atoms with van der Waals surface area (Å²) in [5.41, 5.74) is 0.714. The van der Waals surface area contributed by atoms with Gasteiger partial charge in [-0.25, -0.2) is 8.42 Å². The van der Waals surface area contributed by atoms with Crippen molar-refractivity contribution in [3.05, 3.63) is 72.3 Å². The molecule has 0 atom stereocenters. The van der Waals surface area contributed by atoms with E-state index in [1.165, 1.54) is 0 Å². The Morgan fingerprint density at radius 2 is 1.35 bits per heavy atom. The first-order valence-corrected chi connectivity index (χ1v) is 9.53. The van der Waals surface area contributed by atoms with Crippen molar-refractivity contribution in [2.45, 2.75) is 6.61 Å². The molecule has 26 heavy (non-hydrogen) atoms. The minimum Gasteiger partial charge on any atom is -0.726 e. The topological polar surface area (TPSA) is 66.4 Å². The molecule has 0 fully saturated rings. The Bertz CT molecular complexity index is 1390. The van der Waals surface area contributed by atoms with Crippen LogP contribution in [0.5, 0.6) is 0 Å². The molecule has 0 bridgehead atoms. The van der Waals surface area contributed by atoms with Gasteiger partial charge >= 0.3 is 0 Å². The van der Waals surface area contributed by atoms with Crippen LogP contribution in [0.15, 0.2) is 66.7 Å². The average molecular weight is 361 g/mol. The van der Waals surface area contributed by atoms with Gasteiger partial charge in [-0.2, -0.15) is 0 Å². The van der Waals surface area contributed by atoms with Crippen LogP contribution in [-0.4, -0.2) is 13.0 Å². The van der Waals surface area contributed by atoms with E-state index in [0.29, 0.717) is 5.56 Å². The molecule has 0 unspecified atom stereocenters. The van der Waals surface area contributed by atoms with Crippen LogP contribution in [0.3, 0.4) is 0 Å². The zero-order valence-corrected chi connectivity index (χ0v) is 14.4. The highest BCUT2D eigenvalue weighted by Gasteiger charge is 2.16. The lowest BCUT2D eigenvalue weighted by Gasteiger charge is -2.18. The number of benzene rings is 5. The summed E-state index contributed by atoms with van der Waals surface area (Å²) >= 11 is 0. The molecule has 128 valence electrons. The Kier molecular flexibility index (Phi) is 3.21. The maximum atomic E-state index is 11.0. The van der Waals surface area contributed by atoms with Crippen LogP contribution in [0.25, 0.3) is 43.1 Å². The Morgan fingerprint density at radius 1 is 0.692 bits per heavy atom. The Hall–Kier alpha value is -2.73. The summed E-state index contributed by atoms with van der Waals surface area (Å²) in [6.07, 6.45) is 0. The number of fused-ring (bicyclic) bond motifs is 2. The summed E-state index contributed by atoms with van der Waals surface area (Å²) in [5, 5.41) is 8.38. The molecule has 5 aromatic rings. The zero-order chi connectivity index (χ0) is 17.9. The SMILES string of the molecule is O=S(=O)([O-])OCc1c2ccccc2c2ccc3cccc4ccc1c2c43. The molecule has 5 aromatic carbocycles. The van der Waals surface area contributed by atoms with E-state index in [2.05, 4.69) is 28.4 Å². The molecule has 0 aromatic heterocycles. The van der Waals surface area contributed by atoms with Crippen molar-refractivity contribution >= 4 is 53.5 Å². The van der Waals surface area contributed by atoms with Crippen LogP contribution in [0, 0.1) is 0 Å². The highest BCUT2D eigenvalue weighted by atomic mass is 32.3. The molecule has 5 heteroatoms. The first kappa shape index (κ1) is 15.5. The number of hydrogen-bond acceptors (Lipinski definition) is 4. The van der Waals surface area contributed by atoms with Crippen molar-refractivity contribution in [3.63, 3.8) is 0 Å². The molecule has 0 aliphatic heterocycles. The van der Waals surface area contributed by atoms with Crippen molar-refractivity contribution < 1.29 is 17.2 Å². The third-order valence-electron chi connectivity index (χ3n) is 4.99. The predicted molar refractivity (Wildman–Crippen MR) is 102 cm³/mol. The maximum absolute atomic E-state index is 11.0. The lowest BCUT2D eigenvalue weighted by atomic mass is 9.88. The van der Waals surface area contributed by atoms with Gasteiger partial charge in [-0.1, -0.05) is 66.7 Å². The van der Waals surface area contributed by atoms with Gasteiger partial charge in [0, 0.05) is 0 Å². The van der Waals surface area contributed by atoms with Crippen LogP contribution in [0.1, 0.15) is 5.56 Å². The minimum atomic E-state index is -4.77. The molecule has 0 spiro atoms. The van der Waals surface area contributed by atoms with E-state index in [1.807, 2.05) is 42.5 Å². The molecule has 5 rings (SSSR count). The highest BCUT2D eigenvalue weighted by molar-refractivity contribution is 7.80. The quantitative estimate of drug-likeness (QED) is 0.202. The molecule has 0 saturated heterocycles. The van der Waals surface area contributed by atoms with Crippen LogP contribution in [0.4, 0.5) is 0 Å². The third-order valence-corrected chi connectivity index (χ3v) is 5.40. The van der Waals surface area contributed by atoms with Crippen LogP contribution < -0.4 is 0 Å². The Morgan fingerprint density at radius 3 is 2.04 bits per heavy atom. The van der Waals surface area contributed by atoms with E-state index in [1.54, 1.807) is 0 Å². The number of rotatable bonds is 3. The monoisotopic (exact) mass is 361 g/mol. The second-order valence-corrected chi connectivity index (χ2v) is 7.43. The fourth-order valence-electron chi connectivity index (χ4n) is 3.97. The Balaban J connectivity index is 2.00. The van der Waals surface area contributed by atoms with E-state index in [9.17, 15) is 13.0 Å².